The fourth-order valence-electron chi connectivity index (χ4n) is 3.66. The predicted molar refractivity (Wildman–Crippen MR) is 114 cm³/mol. The molecule has 7 nitrogen and oxygen atoms in total. The van der Waals surface area contributed by atoms with Crippen LogP contribution in [-0.2, 0) is 18.8 Å². The summed E-state index contributed by atoms with van der Waals surface area (Å²) in [5, 5.41) is 14.1. The molecule has 3 aromatic heterocycles. The SMILES string of the molecule is c1ccc(Cn2c(CN3CCCC3)nnc2SCc2cc(-c3ccco3)on2)cc1. The number of benzene rings is 1. The maximum atomic E-state index is 5.41. The lowest BCUT2D eigenvalue weighted by Crippen LogP contribution is -2.21. The molecule has 154 valence electrons. The second kappa shape index (κ2) is 8.89. The molecular weight excluding hydrogens is 398 g/mol. The molecule has 1 aromatic carbocycles. The van der Waals surface area contributed by atoms with Crippen LogP contribution in [0.1, 0.15) is 29.9 Å². The summed E-state index contributed by atoms with van der Waals surface area (Å²) >= 11 is 1.63. The summed E-state index contributed by atoms with van der Waals surface area (Å²) in [4.78, 5) is 2.45. The minimum Gasteiger partial charge on any atom is -0.461 e. The Balaban J connectivity index is 1.33. The van der Waals surface area contributed by atoms with Gasteiger partial charge >= 0.3 is 0 Å². The summed E-state index contributed by atoms with van der Waals surface area (Å²) in [6, 6.07) is 16.1. The van der Waals surface area contributed by atoms with Crippen molar-refractivity contribution in [2.45, 2.75) is 36.8 Å². The second-order valence-electron chi connectivity index (χ2n) is 7.40. The number of likely N-dealkylation sites (tertiary alicyclic amines) is 1. The van der Waals surface area contributed by atoms with Crippen molar-refractivity contribution in [3.8, 4) is 11.5 Å². The molecule has 1 aliphatic heterocycles. The Labute approximate surface area is 179 Å². The van der Waals surface area contributed by atoms with E-state index < -0.39 is 0 Å². The third-order valence-electron chi connectivity index (χ3n) is 5.21. The number of rotatable bonds is 8. The Hall–Kier alpha value is -2.84. The lowest BCUT2D eigenvalue weighted by Gasteiger charge is -2.16. The minimum atomic E-state index is 0.635. The molecule has 0 bridgehead atoms. The van der Waals surface area contributed by atoms with Gasteiger partial charge in [0, 0.05) is 11.8 Å². The monoisotopic (exact) mass is 421 g/mol. The van der Waals surface area contributed by atoms with Crippen LogP contribution >= 0.6 is 11.8 Å². The van der Waals surface area contributed by atoms with Gasteiger partial charge in [0.05, 0.1) is 25.0 Å². The molecule has 1 aliphatic rings. The molecule has 1 saturated heterocycles. The third-order valence-corrected chi connectivity index (χ3v) is 6.21. The van der Waals surface area contributed by atoms with E-state index in [9.17, 15) is 0 Å². The van der Waals surface area contributed by atoms with E-state index in [0.717, 1.165) is 42.9 Å². The fourth-order valence-corrected chi connectivity index (χ4v) is 4.50. The minimum absolute atomic E-state index is 0.635. The Morgan fingerprint density at radius 2 is 1.80 bits per heavy atom. The van der Waals surface area contributed by atoms with Crippen molar-refractivity contribution in [2.75, 3.05) is 13.1 Å². The summed E-state index contributed by atoms with van der Waals surface area (Å²) in [6.45, 7) is 3.87. The average molecular weight is 422 g/mol. The van der Waals surface area contributed by atoms with Crippen LogP contribution in [-0.4, -0.2) is 37.9 Å². The van der Waals surface area contributed by atoms with Crippen LogP contribution in [0, 0.1) is 0 Å². The van der Waals surface area contributed by atoms with Crippen molar-refractivity contribution >= 4 is 11.8 Å². The van der Waals surface area contributed by atoms with Crippen molar-refractivity contribution in [1.82, 2.24) is 24.8 Å². The molecule has 0 N–H and O–H groups in total. The summed E-state index contributed by atoms with van der Waals surface area (Å²) in [5.74, 6) is 2.98. The molecule has 4 heterocycles. The number of nitrogens with zero attached hydrogens (tertiary/aromatic N) is 5. The number of hydrogen-bond donors (Lipinski definition) is 0. The Kier molecular flexibility index (Phi) is 5.67. The zero-order chi connectivity index (χ0) is 20.2. The first-order valence-corrected chi connectivity index (χ1v) is 11.1. The number of hydrogen-bond acceptors (Lipinski definition) is 7. The van der Waals surface area contributed by atoms with Crippen LogP contribution in [0.15, 0.2) is 68.9 Å². The Bertz CT molecular complexity index is 1070. The van der Waals surface area contributed by atoms with Gasteiger partial charge in [-0.1, -0.05) is 47.3 Å². The van der Waals surface area contributed by atoms with Crippen LogP contribution in [0.2, 0.25) is 0 Å². The second-order valence-corrected chi connectivity index (χ2v) is 8.34. The fraction of sp³-hybridized carbons (Fsp3) is 0.318. The summed E-state index contributed by atoms with van der Waals surface area (Å²) in [5.41, 5.74) is 2.09. The molecule has 0 unspecified atom stereocenters. The highest BCUT2D eigenvalue weighted by Crippen LogP contribution is 2.27. The molecule has 8 heteroatoms. The van der Waals surface area contributed by atoms with Crippen LogP contribution in [0.25, 0.3) is 11.5 Å². The molecule has 0 radical (unpaired) electrons. The largest absolute Gasteiger partial charge is 0.461 e. The lowest BCUT2D eigenvalue weighted by molar-refractivity contribution is 0.316. The number of thioether (sulfide) groups is 1. The van der Waals surface area contributed by atoms with E-state index in [-0.39, 0.29) is 0 Å². The molecule has 0 atom stereocenters. The van der Waals surface area contributed by atoms with Crippen molar-refractivity contribution < 1.29 is 8.94 Å². The van der Waals surface area contributed by atoms with Gasteiger partial charge in [-0.3, -0.25) is 4.90 Å². The van der Waals surface area contributed by atoms with Crippen LogP contribution in [0.3, 0.4) is 0 Å². The van der Waals surface area contributed by atoms with Gasteiger partial charge in [0.1, 0.15) is 5.82 Å². The molecule has 0 saturated carbocycles. The zero-order valence-corrected chi connectivity index (χ0v) is 17.4. The highest BCUT2D eigenvalue weighted by atomic mass is 32.2. The Morgan fingerprint density at radius 1 is 0.933 bits per heavy atom. The standard InChI is InChI=1S/C22H23N5O2S/c1-2-7-17(8-3-1)14-27-21(15-26-10-4-5-11-26)23-24-22(27)30-16-18-13-20(29-25-18)19-9-6-12-28-19/h1-3,6-9,12-13H,4-5,10-11,14-16H2. The molecule has 5 rings (SSSR count). The van der Waals surface area contributed by atoms with Crippen molar-refractivity contribution in [2.24, 2.45) is 0 Å². The molecule has 0 aliphatic carbocycles. The maximum absolute atomic E-state index is 5.41. The van der Waals surface area contributed by atoms with Crippen LogP contribution < -0.4 is 0 Å². The highest BCUT2D eigenvalue weighted by Gasteiger charge is 2.19. The van der Waals surface area contributed by atoms with Crippen molar-refractivity contribution in [1.29, 1.82) is 0 Å². The van der Waals surface area contributed by atoms with E-state index in [1.807, 2.05) is 24.3 Å². The van der Waals surface area contributed by atoms with Gasteiger partial charge in [-0.25, -0.2) is 0 Å². The average Bonchev–Trinajstić information content (AvgIpc) is 3.57. The topological polar surface area (TPSA) is 73.1 Å². The summed E-state index contributed by atoms with van der Waals surface area (Å²) < 4.78 is 13.0. The van der Waals surface area contributed by atoms with E-state index in [4.69, 9.17) is 8.94 Å². The van der Waals surface area contributed by atoms with Gasteiger partial charge in [0.25, 0.3) is 0 Å². The molecule has 0 spiro atoms. The first-order chi connectivity index (χ1) is 14.8. The van der Waals surface area contributed by atoms with E-state index in [1.54, 1.807) is 18.0 Å². The highest BCUT2D eigenvalue weighted by molar-refractivity contribution is 7.98. The molecule has 0 amide bonds. The number of aromatic nitrogens is 4. The van der Waals surface area contributed by atoms with Crippen LogP contribution in [0.5, 0.6) is 0 Å². The molecular formula is C22H23N5O2S. The van der Waals surface area contributed by atoms with Gasteiger partial charge in [-0.05, 0) is 43.6 Å². The molecule has 1 fully saturated rings. The summed E-state index contributed by atoms with van der Waals surface area (Å²) in [6.07, 6.45) is 4.15. The van der Waals surface area contributed by atoms with Gasteiger partial charge in [0.2, 0.25) is 5.76 Å². The van der Waals surface area contributed by atoms with Crippen LogP contribution in [0.4, 0.5) is 0 Å². The summed E-state index contributed by atoms with van der Waals surface area (Å²) in [7, 11) is 0. The smallest absolute Gasteiger partial charge is 0.202 e. The van der Waals surface area contributed by atoms with Gasteiger partial charge in [0.15, 0.2) is 10.9 Å². The quantitative estimate of drug-likeness (QED) is 0.389. The third kappa shape index (κ3) is 4.34. The zero-order valence-electron chi connectivity index (χ0n) is 16.6. The normalized spacial score (nSPS) is 14.5. The molecule has 30 heavy (non-hydrogen) atoms. The van der Waals surface area contributed by atoms with E-state index in [0.29, 0.717) is 17.3 Å². The van der Waals surface area contributed by atoms with Crippen molar-refractivity contribution in [3.05, 3.63) is 71.9 Å². The van der Waals surface area contributed by atoms with Gasteiger partial charge in [-0.2, -0.15) is 0 Å². The first-order valence-electron chi connectivity index (χ1n) is 10.2. The Morgan fingerprint density at radius 3 is 2.60 bits per heavy atom. The number of furan rings is 1. The van der Waals surface area contributed by atoms with E-state index in [1.165, 1.54) is 18.4 Å². The van der Waals surface area contributed by atoms with Gasteiger partial charge < -0.3 is 13.5 Å². The molecule has 4 aromatic rings. The predicted octanol–water partition coefficient (Wildman–Crippen LogP) is 4.46. The lowest BCUT2D eigenvalue weighted by atomic mass is 10.2. The first kappa shape index (κ1) is 19.1. The maximum Gasteiger partial charge on any atom is 0.202 e. The van der Waals surface area contributed by atoms with E-state index in [2.05, 4.69) is 49.1 Å². The van der Waals surface area contributed by atoms with Crippen molar-refractivity contribution in [3.63, 3.8) is 0 Å². The van der Waals surface area contributed by atoms with Gasteiger partial charge in [-0.15, -0.1) is 10.2 Å². The van der Waals surface area contributed by atoms with E-state index >= 15 is 0 Å².